The fraction of sp³-hybridized carbons (Fsp3) is 0.438. The average molecular weight is 367 g/mol. The van der Waals surface area contributed by atoms with Crippen LogP contribution in [0.5, 0.6) is 0 Å². The van der Waals surface area contributed by atoms with Crippen molar-refractivity contribution in [2.45, 2.75) is 6.04 Å². The van der Waals surface area contributed by atoms with Gasteiger partial charge in [0, 0.05) is 38.4 Å². The number of piperazine rings is 2. The smallest absolute Gasteiger partial charge is 0.339 e. The highest BCUT2D eigenvalue weighted by Gasteiger charge is 2.36. The number of carbonyl (C=O) groups excluding carboxylic acids is 3. The zero-order valence-electron chi connectivity index (χ0n) is 13.8. The quantitative estimate of drug-likeness (QED) is 0.755. The van der Waals surface area contributed by atoms with Crippen LogP contribution in [-0.4, -0.2) is 73.6 Å². The molecule has 9 heteroatoms. The lowest BCUT2D eigenvalue weighted by atomic mass is 10.1. The van der Waals surface area contributed by atoms with Crippen LogP contribution < -0.4 is 10.6 Å². The lowest BCUT2D eigenvalue weighted by Gasteiger charge is -2.42. The van der Waals surface area contributed by atoms with Crippen LogP contribution in [-0.2, 0) is 9.53 Å². The van der Waals surface area contributed by atoms with Gasteiger partial charge in [-0.15, -0.1) is 0 Å². The maximum Gasteiger partial charge on any atom is 0.339 e. The van der Waals surface area contributed by atoms with Gasteiger partial charge in [-0.2, -0.15) is 0 Å². The molecule has 134 valence electrons. The summed E-state index contributed by atoms with van der Waals surface area (Å²) < 4.78 is 4.67. The third kappa shape index (κ3) is 3.69. The van der Waals surface area contributed by atoms with Crippen LogP contribution in [0, 0.1) is 0 Å². The third-order valence-electron chi connectivity index (χ3n) is 4.40. The zero-order chi connectivity index (χ0) is 18.0. The van der Waals surface area contributed by atoms with Crippen molar-refractivity contribution in [1.29, 1.82) is 0 Å². The highest BCUT2D eigenvalue weighted by atomic mass is 35.5. The lowest BCUT2D eigenvalue weighted by Crippen LogP contribution is -2.64. The van der Waals surface area contributed by atoms with Crippen molar-refractivity contribution < 1.29 is 19.1 Å². The van der Waals surface area contributed by atoms with Gasteiger partial charge in [0.25, 0.3) is 0 Å². The van der Waals surface area contributed by atoms with Crippen LogP contribution in [0.4, 0.5) is 10.5 Å². The van der Waals surface area contributed by atoms with E-state index < -0.39 is 5.97 Å². The molecule has 3 rings (SSSR count). The predicted octanol–water partition coefficient (Wildman–Crippen LogP) is 0.775. The number of hydrogen-bond acceptors (Lipinski definition) is 5. The number of amides is 3. The minimum atomic E-state index is -0.575. The molecule has 2 fully saturated rings. The second-order valence-corrected chi connectivity index (χ2v) is 6.31. The number of fused-ring (bicyclic) bond motifs is 1. The molecule has 3 amide bonds. The van der Waals surface area contributed by atoms with E-state index in [1.165, 1.54) is 19.2 Å². The Morgan fingerprint density at radius 3 is 2.88 bits per heavy atom. The Hall–Kier alpha value is -2.32. The molecule has 2 heterocycles. The first-order chi connectivity index (χ1) is 12.0. The van der Waals surface area contributed by atoms with Gasteiger partial charge in [0.2, 0.25) is 5.91 Å². The number of methoxy groups -OCH3 is 1. The van der Waals surface area contributed by atoms with E-state index in [1.807, 2.05) is 0 Å². The van der Waals surface area contributed by atoms with Crippen LogP contribution in [0.3, 0.4) is 0 Å². The second kappa shape index (κ2) is 7.28. The van der Waals surface area contributed by atoms with Gasteiger partial charge < -0.3 is 20.3 Å². The van der Waals surface area contributed by atoms with Crippen LogP contribution in [0.1, 0.15) is 10.4 Å². The summed E-state index contributed by atoms with van der Waals surface area (Å²) in [5.41, 5.74) is 0.615. The molecular formula is C16H19ClN4O4. The molecule has 1 atom stereocenters. The van der Waals surface area contributed by atoms with Gasteiger partial charge in [0.1, 0.15) is 6.04 Å². The van der Waals surface area contributed by atoms with Crippen molar-refractivity contribution >= 4 is 35.2 Å². The van der Waals surface area contributed by atoms with Crippen LogP contribution in [0.15, 0.2) is 18.2 Å². The summed E-state index contributed by atoms with van der Waals surface area (Å²) in [5, 5.41) is 5.80. The summed E-state index contributed by atoms with van der Waals surface area (Å²) >= 11 is 5.97. The van der Waals surface area contributed by atoms with Crippen molar-refractivity contribution in [2.24, 2.45) is 0 Å². The van der Waals surface area contributed by atoms with Crippen molar-refractivity contribution in [1.82, 2.24) is 15.1 Å². The first kappa shape index (κ1) is 17.5. The van der Waals surface area contributed by atoms with Crippen molar-refractivity contribution in [3.63, 3.8) is 0 Å². The topological polar surface area (TPSA) is 91.0 Å². The van der Waals surface area contributed by atoms with Crippen LogP contribution in [0.2, 0.25) is 5.02 Å². The SMILES string of the molecule is COC(=O)c1cc(NC(=O)N2CCN3CCNC(=O)C3C2)ccc1Cl. The molecule has 2 aliphatic rings. The minimum Gasteiger partial charge on any atom is -0.465 e. The second-order valence-electron chi connectivity index (χ2n) is 5.91. The number of benzene rings is 1. The number of hydrogen-bond donors (Lipinski definition) is 2. The third-order valence-corrected chi connectivity index (χ3v) is 4.73. The molecule has 1 aromatic carbocycles. The Balaban J connectivity index is 1.68. The number of nitrogens with one attached hydrogen (secondary N) is 2. The Labute approximate surface area is 150 Å². The molecule has 0 aromatic heterocycles. The molecule has 2 saturated heterocycles. The number of esters is 1. The Morgan fingerprint density at radius 2 is 2.12 bits per heavy atom. The van der Waals surface area contributed by atoms with E-state index in [9.17, 15) is 14.4 Å². The molecule has 0 radical (unpaired) electrons. The largest absolute Gasteiger partial charge is 0.465 e. The molecule has 0 aliphatic carbocycles. The fourth-order valence-electron chi connectivity index (χ4n) is 3.03. The van der Waals surface area contributed by atoms with Gasteiger partial charge >= 0.3 is 12.0 Å². The number of rotatable bonds is 2. The van der Waals surface area contributed by atoms with Gasteiger partial charge in [-0.05, 0) is 18.2 Å². The minimum absolute atomic E-state index is 0.0526. The van der Waals surface area contributed by atoms with Crippen molar-refractivity contribution in [2.75, 3.05) is 45.2 Å². The molecule has 1 unspecified atom stereocenters. The number of urea groups is 1. The maximum absolute atomic E-state index is 12.5. The molecular weight excluding hydrogens is 348 g/mol. The highest BCUT2D eigenvalue weighted by molar-refractivity contribution is 6.33. The van der Waals surface area contributed by atoms with Crippen LogP contribution in [0.25, 0.3) is 0 Å². The van der Waals surface area contributed by atoms with Gasteiger partial charge in [-0.1, -0.05) is 11.6 Å². The van der Waals surface area contributed by atoms with E-state index in [2.05, 4.69) is 20.3 Å². The molecule has 8 nitrogen and oxygen atoms in total. The predicted molar refractivity (Wildman–Crippen MR) is 91.8 cm³/mol. The normalized spacial score (nSPS) is 20.5. The van der Waals surface area contributed by atoms with E-state index in [4.69, 9.17) is 11.6 Å². The van der Waals surface area contributed by atoms with Gasteiger partial charge in [0.15, 0.2) is 0 Å². The Bertz CT molecular complexity index is 711. The molecule has 1 aromatic rings. The summed E-state index contributed by atoms with van der Waals surface area (Å²) in [6.07, 6.45) is 0. The van der Waals surface area contributed by atoms with E-state index >= 15 is 0 Å². The number of carbonyl (C=O) groups is 3. The number of halogens is 1. The number of nitrogens with zero attached hydrogens (tertiary/aromatic N) is 2. The molecule has 25 heavy (non-hydrogen) atoms. The Kier molecular flexibility index (Phi) is 5.10. The van der Waals surface area contributed by atoms with E-state index in [0.29, 0.717) is 31.9 Å². The standard InChI is InChI=1S/C16H19ClN4O4/c1-25-15(23)11-8-10(2-3-12(11)17)19-16(24)21-7-6-20-5-4-18-14(22)13(20)9-21/h2-3,8,13H,4-7,9H2,1H3,(H,18,22)(H,19,24). The number of anilines is 1. The molecule has 0 saturated carbocycles. The van der Waals surface area contributed by atoms with Gasteiger partial charge in [0.05, 0.1) is 17.7 Å². The van der Waals surface area contributed by atoms with Crippen LogP contribution >= 0.6 is 11.6 Å². The summed E-state index contributed by atoms with van der Waals surface area (Å²) in [4.78, 5) is 39.8. The van der Waals surface area contributed by atoms with Crippen molar-refractivity contribution in [3.8, 4) is 0 Å². The summed E-state index contributed by atoms with van der Waals surface area (Å²) in [6.45, 7) is 2.95. The van der Waals surface area contributed by atoms with E-state index in [-0.39, 0.29) is 28.6 Å². The summed E-state index contributed by atoms with van der Waals surface area (Å²) in [7, 11) is 1.26. The highest BCUT2D eigenvalue weighted by Crippen LogP contribution is 2.22. The van der Waals surface area contributed by atoms with Crippen molar-refractivity contribution in [3.05, 3.63) is 28.8 Å². The molecule has 2 aliphatic heterocycles. The maximum atomic E-state index is 12.5. The Morgan fingerprint density at radius 1 is 1.32 bits per heavy atom. The first-order valence-electron chi connectivity index (χ1n) is 7.95. The molecule has 0 bridgehead atoms. The van der Waals surface area contributed by atoms with Gasteiger partial charge in [-0.3, -0.25) is 9.69 Å². The average Bonchev–Trinajstić information content (AvgIpc) is 2.62. The summed E-state index contributed by atoms with van der Waals surface area (Å²) in [5.74, 6) is -0.628. The first-order valence-corrected chi connectivity index (χ1v) is 8.33. The zero-order valence-corrected chi connectivity index (χ0v) is 14.5. The molecule has 0 spiro atoms. The fourth-order valence-corrected chi connectivity index (χ4v) is 3.23. The molecule has 2 N–H and O–H groups in total. The monoisotopic (exact) mass is 366 g/mol. The van der Waals surface area contributed by atoms with E-state index in [1.54, 1.807) is 11.0 Å². The van der Waals surface area contributed by atoms with Gasteiger partial charge in [-0.25, -0.2) is 9.59 Å². The lowest BCUT2D eigenvalue weighted by molar-refractivity contribution is -0.131. The van der Waals surface area contributed by atoms with E-state index in [0.717, 1.165) is 6.54 Å². The summed E-state index contributed by atoms with van der Waals surface area (Å²) in [6, 6.07) is 3.96. The number of ether oxygens (including phenoxy) is 1.